The summed E-state index contributed by atoms with van der Waals surface area (Å²) in [5.74, 6) is 0. The Morgan fingerprint density at radius 3 is 3.05 bits per heavy atom. The van der Waals surface area contributed by atoms with E-state index in [-0.39, 0.29) is 0 Å². The second-order valence-corrected chi connectivity index (χ2v) is 7.03. The van der Waals surface area contributed by atoms with Crippen LogP contribution in [-0.2, 0) is 12.8 Å². The van der Waals surface area contributed by atoms with E-state index in [0.717, 1.165) is 23.4 Å². The molecule has 1 aliphatic rings. The molecule has 0 atom stereocenters. The third kappa shape index (κ3) is 2.34. The van der Waals surface area contributed by atoms with E-state index in [1.165, 1.54) is 35.1 Å². The van der Waals surface area contributed by atoms with Crippen molar-refractivity contribution in [2.75, 3.05) is 27.2 Å². The Morgan fingerprint density at radius 2 is 2.18 bits per heavy atom. The summed E-state index contributed by atoms with van der Waals surface area (Å²) >= 11 is 1.81. The molecule has 0 saturated heterocycles. The van der Waals surface area contributed by atoms with Crippen molar-refractivity contribution in [2.24, 2.45) is 0 Å². The molecular weight excluding hydrogens is 298 g/mol. The smallest absolute Gasteiger partial charge is 0.336 e. The first-order valence-corrected chi connectivity index (χ1v) is 8.47. The number of likely N-dealkylation sites (N-methyl/N-ethyl adjacent to an activating group) is 1. The molecule has 0 radical (unpaired) electrons. The minimum atomic E-state index is 0.437. The average molecular weight is 317 g/mol. The van der Waals surface area contributed by atoms with Crippen LogP contribution in [0.1, 0.15) is 23.3 Å². The zero-order valence-corrected chi connectivity index (χ0v) is 13.7. The maximum Gasteiger partial charge on any atom is 0.336 e. The lowest BCUT2D eigenvalue weighted by molar-refractivity contribution is 0.246. The van der Waals surface area contributed by atoms with E-state index < -0.39 is 0 Å². The van der Waals surface area contributed by atoms with Gasteiger partial charge in [0.2, 0.25) is 0 Å². The Bertz CT molecular complexity index is 822. The monoisotopic (exact) mass is 317 g/mol. The van der Waals surface area contributed by atoms with Crippen molar-refractivity contribution >= 4 is 27.2 Å². The van der Waals surface area contributed by atoms with E-state index in [1.807, 2.05) is 14.1 Å². The van der Waals surface area contributed by atoms with Crippen LogP contribution in [0.5, 0.6) is 6.01 Å². The van der Waals surface area contributed by atoms with E-state index in [0.29, 0.717) is 12.6 Å². The molecule has 0 aromatic carbocycles. The van der Waals surface area contributed by atoms with Crippen molar-refractivity contribution in [1.29, 1.82) is 0 Å². The van der Waals surface area contributed by atoms with Crippen molar-refractivity contribution in [3.05, 3.63) is 16.8 Å². The largest absolute Gasteiger partial charge is 0.461 e. The van der Waals surface area contributed by atoms with Gasteiger partial charge in [0.1, 0.15) is 17.8 Å². The summed E-state index contributed by atoms with van der Waals surface area (Å²) in [6, 6.07) is 0.437. The minimum absolute atomic E-state index is 0.437. The highest BCUT2D eigenvalue weighted by molar-refractivity contribution is 7.19. The molecule has 0 unspecified atom stereocenters. The molecule has 4 rings (SSSR count). The Kier molecular flexibility index (Phi) is 3.46. The lowest BCUT2D eigenvalue weighted by Crippen LogP contribution is -2.19. The Labute approximate surface area is 132 Å². The highest BCUT2D eigenvalue weighted by Crippen LogP contribution is 2.37. The Hall–Kier alpha value is -1.73. The third-order valence-corrected chi connectivity index (χ3v) is 5.24. The molecule has 0 N–H and O–H groups in total. The van der Waals surface area contributed by atoms with Crippen molar-refractivity contribution in [3.63, 3.8) is 0 Å². The molecule has 6 nitrogen and oxygen atoms in total. The van der Waals surface area contributed by atoms with Crippen LogP contribution < -0.4 is 4.74 Å². The number of ether oxygens (including phenoxy) is 1. The van der Waals surface area contributed by atoms with Crippen LogP contribution in [0.4, 0.5) is 0 Å². The number of hydrogen-bond acceptors (Lipinski definition) is 6. The second-order valence-electron chi connectivity index (χ2n) is 5.95. The van der Waals surface area contributed by atoms with Gasteiger partial charge in [-0.15, -0.1) is 16.4 Å². The van der Waals surface area contributed by atoms with Crippen LogP contribution in [0.3, 0.4) is 0 Å². The first kappa shape index (κ1) is 13.9. The van der Waals surface area contributed by atoms with Crippen LogP contribution in [0.15, 0.2) is 6.33 Å². The summed E-state index contributed by atoms with van der Waals surface area (Å²) in [6.07, 6.45) is 6.57. The van der Waals surface area contributed by atoms with Crippen LogP contribution in [0.25, 0.3) is 15.9 Å². The van der Waals surface area contributed by atoms with E-state index in [2.05, 4.69) is 20.0 Å². The first-order chi connectivity index (χ1) is 10.7. The number of aromatic nitrogens is 4. The predicted octanol–water partition coefficient (Wildman–Crippen LogP) is 2.16. The first-order valence-electron chi connectivity index (χ1n) is 7.65. The van der Waals surface area contributed by atoms with E-state index in [1.54, 1.807) is 22.2 Å². The quantitative estimate of drug-likeness (QED) is 0.738. The lowest BCUT2D eigenvalue weighted by Gasteiger charge is -2.09. The molecule has 22 heavy (non-hydrogen) atoms. The molecule has 116 valence electrons. The van der Waals surface area contributed by atoms with Crippen molar-refractivity contribution in [1.82, 2.24) is 24.5 Å². The fourth-order valence-electron chi connectivity index (χ4n) is 2.92. The van der Waals surface area contributed by atoms with Gasteiger partial charge in [0.25, 0.3) is 0 Å². The number of thiophene rings is 1. The average Bonchev–Trinajstić information content (AvgIpc) is 3.06. The molecule has 0 fully saturated rings. The summed E-state index contributed by atoms with van der Waals surface area (Å²) in [6.45, 7) is 1.43. The number of aryl methyl sites for hydroxylation is 2. The van der Waals surface area contributed by atoms with Crippen LogP contribution in [-0.4, -0.2) is 51.7 Å². The molecular formula is C15H19N5OS. The van der Waals surface area contributed by atoms with Gasteiger partial charge in [-0.25, -0.2) is 4.98 Å². The lowest BCUT2D eigenvalue weighted by atomic mass is 9.97. The number of fused-ring (bicyclic) bond motifs is 5. The zero-order valence-electron chi connectivity index (χ0n) is 12.9. The van der Waals surface area contributed by atoms with Gasteiger partial charge in [-0.3, -0.25) is 0 Å². The van der Waals surface area contributed by atoms with E-state index in [4.69, 9.17) is 4.74 Å². The molecule has 1 aliphatic carbocycles. The van der Waals surface area contributed by atoms with E-state index in [9.17, 15) is 0 Å². The maximum atomic E-state index is 5.66. The van der Waals surface area contributed by atoms with Gasteiger partial charge >= 0.3 is 6.01 Å². The third-order valence-electron chi connectivity index (χ3n) is 4.04. The van der Waals surface area contributed by atoms with Crippen LogP contribution in [0.2, 0.25) is 0 Å². The van der Waals surface area contributed by atoms with Crippen molar-refractivity contribution < 1.29 is 4.74 Å². The Balaban J connectivity index is 1.75. The maximum absolute atomic E-state index is 5.66. The summed E-state index contributed by atoms with van der Waals surface area (Å²) in [4.78, 5) is 13.8. The van der Waals surface area contributed by atoms with Gasteiger partial charge < -0.3 is 9.64 Å². The SMILES string of the molecule is CN(C)CCOc1nc2c3c4c(sc3ncn2n1)CCCC4. The van der Waals surface area contributed by atoms with Crippen molar-refractivity contribution in [3.8, 4) is 6.01 Å². The second kappa shape index (κ2) is 5.48. The van der Waals surface area contributed by atoms with Gasteiger partial charge in [0.05, 0.1) is 5.39 Å². The highest BCUT2D eigenvalue weighted by atomic mass is 32.1. The van der Waals surface area contributed by atoms with Gasteiger partial charge in [0.15, 0.2) is 5.65 Å². The molecule has 3 heterocycles. The standard InChI is InChI=1S/C15H19N5OS/c1-19(2)7-8-21-15-17-13-12-10-5-3-4-6-11(10)22-14(12)16-9-20(13)18-15/h9H,3-8H2,1-2H3. The minimum Gasteiger partial charge on any atom is -0.461 e. The van der Waals surface area contributed by atoms with Gasteiger partial charge in [-0.1, -0.05) is 0 Å². The van der Waals surface area contributed by atoms with E-state index >= 15 is 0 Å². The molecule has 0 aliphatic heterocycles. The number of nitrogens with zero attached hydrogens (tertiary/aromatic N) is 5. The number of rotatable bonds is 4. The van der Waals surface area contributed by atoms with Crippen LogP contribution in [0, 0.1) is 0 Å². The molecule has 0 saturated carbocycles. The summed E-state index contributed by atoms with van der Waals surface area (Å²) in [5, 5.41) is 5.57. The highest BCUT2D eigenvalue weighted by Gasteiger charge is 2.20. The fourth-order valence-corrected chi connectivity index (χ4v) is 4.14. The van der Waals surface area contributed by atoms with Gasteiger partial charge in [-0.05, 0) is 45.3 Å². The van der Waals surface area contributed by atoms with Gasteiger partial charge in [0, 0.05) is 11.4 Å². The van der Waals surface area contributed by atoms with Crippen LogP contribution >= 0.6 is 11.3 Å². The van der Waals surface area contributed by atoms with Crippen molar-refractivity contribution in [2.45, 2.75) is 25.7 Å². The topological polar surface area (TPSA) is 55.5 Å². The fraction of sp³-hybridized carbons (Fsp3) is 0.533. The number of hydrogen-bond donors (Lipinski definition) is 0. The van der Waals surface area contributed by atoms with Gasteiger partial charge in [-0.2, -0.15) is 9.50 Å². The molecule has 7 heteroatoms. The zero-order chi connectivity index (χ0) is 15.1. The predicted molar refractivity (Wildman–Crippen MR) is 86.9 cm³/mol. The molecule has 0 spiro atoms. The molecule has 0 bridgehead atoms. The molecule has 3 aromatic rings. The summed E-state index contributed by atoms with van der Waals surface area (Å²) in [5.41, 5.74) is 2.31. The molecule has 3 aromatic heterocycles. The Morgan fingerprint density at radius 1 is 1.32 bits per heavy atom. The molecule has 0 amide bonds. The normalized spacial score (nSPS) is 14.9. The summed E-state index contributed by atoms with van der Waals surface area (Å²) in [7, 11) is 4.04. The summed E-state index contributed by atoms with van der Waals surface area (Å²) < 4.78 is 7.41.